The maximum absolute atomic E-state index is 9.24. The van der Waals surface area contributed by atoms with Crippen molar-refractivity contribution in [2.24, 2.45) is 0 Å². The molecule has 1 atom stereocenters. The molecule has 2 aromatic carbocycles. The largest absolute Gasteiger partial charge is 0.488 e. The Balaban J connectivity index is 2.43. The highest BCUT2D eigenvalue weighted by Crippen LogP contribution is 2.29. The normalized spacial score (nSPS) is 11.8. The lowest BCUT2D eigenvalue weighted by Gasteiger charge is -2.19. The summed E-state index contributed by atoms with van der Waals surface area (Å²) in [7, 11) is 0. The molecule has 3 nitrogen and oxygen atoms in total. The molecule has 0 aromatic heterocycles. The van der Waals surface area contributed by atoms with E-state index in [4.69, 9.17) is 4.74 Å². The van der Waals surface area contributed by atoms with Crippen LogP contribution in [0.2, 0.25) is 0 Å². The molecule has 1 N–H and O–H groups in total. The van der Waals surface area contributed by atoms with Crippen LogP contribution >= 0.6 is 0 Å². The van der Waals surface area contributed by atoms with Gasteiger partial charge in [0.2, 0.25) is 0 Å². The zero-order valence-electron chi connectivity index (χ0n) is 13.3. The van der Waals surface area contributed by atoms with E-state index in [0.29, 0.717) is 12.0 Å². The second-order valence-corrected chi connectivity index (χ2v) is 5.63. The summed E-state index contributed by atoms with van der Waals surface area (Å²) in [5, 5.41) is 18.5. The second kappa shape index (κ2) is 7.11. The smallest absolute Gasteiger partial charge is 0.126 e. The molecule has 0 aliphatic carbocycles. The van der Waals surface area contributed by atoms with Crippen molar-refractivity contribution < 1.29 is 9.84 Å². The van der Waals surface area contributed by atoms with Crippen molar-refractivity contribution in [1.82, 2.24) is 0 Å². The molecule has 0 saturated heterocycles. The van der Waals surface area contributed by atoms with Gasteiger partial charge in [0, 0.05) is 6.42 Å². The lowest BCUT2D eigenvalue weighted by Crippen LogP contribution is -2.18. The number of rotatable bonds is 5. The van der Waals surface area contributed by atoms with Gasteiger partial charge in [-0.2, -0.15) is 5.26 Å². The predicted octanol–water partition coefficient (Wildman–Crippen LogP) is 3.53. The van der Waals surface area contributed by atoms with Gasteiger partial charge in [0.1, 0.15) is 11.9 Å². The molecule has 22 heavy (non-hydrogen) atoms. The first-order valence-electron chi connectivity index (χ1n) is 7.40. The topological polar surface area (TPSA) is 53.2 Å². The molecule has 0 bridgehead atoms. The molecule has 1 unspecified atom stereocenters. The van der Waals surface area contributed by atoms with E-state index >= 15 is 0 Å². The Labute approximate surface area is 131 Å². The highest BCUT2D eigenvalue weighted by molar-refractivity contribution is 5.48. The SMILES string of the molecule is Cc1cc(C)c(OC(C)CO)c(Cc2ccccc2C#N)c1. The van der Waals surface area contributed by atoms with Crippen LogP contribution in [0, 0.1) is 25.2 Å². The molecule has 3 heteroatoms. The summed E-state index contributed by atoms with van der Waals surface area (Å²) in [5.41, 5.74) is 4.91. The lowest BCUT2D eigenvalue weighted by molar-refractivity contribution is 0.128. The van der Waals surface area contributed by atoms with Crippen LogP contribution in [0.15, 0.2) is 36.4 Å². The first-order chi connectivity index (χ1) is 10.5. The van der Waals surface area contributed by atoms with Gasteiger partial charge in [-0.15, -0.1) is 0 Å². The molecule has 2 aromatic rings. The first kappa shape index (κ1) is 16.1. The van der Waals surface area contributed by atoms with Gasteiger partial charge in [0.25, 0.3) is 0 Å². The van der Waals surface area contributed by atoms with Gasteiger partial charge >= 0.3 is 0 Å². The minimum atomic E-state index is -0.258. The van der Waals surface area contributed by atoms with Gasteiger partial charge in [-0.1, -0.05) is 35.9 Å². The minimum Gasteiger partial charge on any atom is -0.488 e. The molecule has 114 valence electrons. The van der Waals surface area contributed by atoms with E-state index in [2.05, 4.69) is 18.2 Å². The standard InChI is InChI=1S/C19H21NO2/c1-13-8-14(2)19(22-15(3)12-21)18(9-13)10-16-6-4-5-7-17(16)11-20/h4-9,15,21H,10,12H2,1-3H3. The Morgan fingerprint density at radius 1 is 1.18 bits per heavy atom. The summed E-state index contributed by atoms with van der Waals surface area (Å²) in [6.45, 7) is 5.87. The van der Waals surface area contributed by atoms with Crippen molar-refractivity contribution in [3.63, 3.8) is 0 Å². The Morgan fingerprint density at radius 3 is 2.59 bits per heavy atom. The highest BCUT2D eigenvalue weighted by Gasteiger charge is 2.13. The summed E-state index contributed by atoms with van der Waals surface area (Å²) >= 11 is 0. The van der Waals surface area contributed by atoms with Crippen LogP contribution < -0.4 is 4.74 Å². The van der Waals surface area contributed by atoms with Crippen molar-refractivity contribution in [1.29, 1.82) is 5.26 Å². The van der Waals surface area contributed by atoms with Crippen molar-refractivity contribution in [3.8, 4) is 11.8 Å². The number of nitrogens with zero attached hydrogens (tertiary/aromatic N) is 1. The molecule has 0 radical (unpaired) electrons. The summed E-state index contributed by atoms with van der Waals surface area (Å²) in [5.74, 6) is 0.805. The molecule has 0 amide bonds. The van der Waals surface area contributed by atoms with Gasteiger partial charge < -0.3 is 9.84 Å². The van der Waals surface area contributed by atoms with Crippen molar-refractivity contribution in [2.75, 3.05) is 6.61 Å². The summed E-state index contributed by atoms with van der Waals surface area (Å²) in [6.07, 6.45) is 0.381. The van der Waals surface area contributed by atoms with Gasteiger partial charge in [-0.25, -0.2) is 0 Å². The van der Waals surface area contributed by atoms with Crippen LogP contribution in [-0.2, 0) is 6.42 Å². The molecule has 0 heterocycles. The molecular formula is C19H21NO2. The predicted molar refractivity (Wildman–Crippen MR) is 87.1 cm³/mol. The average Bonchev–Trinajstić information content (AvgIpc) is 2.51. The third-order valence-corrected chi connectivity index (χ3v) is 3.59. The van der Waals surface area contributed by atoms with E-state index in [1.807, 2.05) is 45.0 Å². The maximum atomic E-state index is 9.24. The number of nitriles is 1. The van der Waals surface area contributed by atoms with Crippen molar-refractivity contribution in [2.45, 2.75) is 33.3 Å². The zero-order chi connectivity index (χ0) is 16.1. The van der Waals surface area contributed by atoms with Crippen LogP contribution in [0.5, 0.6) is 5.75 Å². The Hall–Kier alpha value is -2.31. The van der Waals surface area contributed by atoms with Crippen LogP contribution in [0.3, 0.4) is 0 Å². The number of aliphatic hydroxyl groups excluding tert-OH is 1. The van der Waals surface area contributed by atoms with Crippen LogP contribution in [0.4, 0.5) is 0 Å². The molecule has 0 aliphatic heterocycles. The summed E-state index contributed by atoms with van der Waals surface area (Å²) in [4.78, 5) is 0. The van der Waals surface area contributed by atoms with E-state index in [0.717, 1.165) is 28.0 Å². The lowest BCUT2D eigenvalue weighted by atomic mass is 9.96. The minimum absolute atomic E-state index is 0.0263. The van der Waals surface area contributed by atoms with Crippen LogP contribution in [0.1, 0.15) is 34.7 Å². The Kier molecular flexibility index (Phi) is 5.19. The third kappa shape index (κ3) is 3.66. The van der Waals surface area contributed by atoms with Gasteiger partial charge in [-0.3, -0.25) is 0 Å². The molecular weight excluding hydrogens is 274 g/mol. The molecule has 0 aliphatic rings. The van der Waals surface area contributed by atoms with E-state index in [1.54, 1.807) is 0 Å². The third-order valence-electron chi connectivity index (χ3n) is 3.59. The number of aryl methyl sites for hydroxylation is 2. The molecule has 0 fully saturated rings. The maximum Gasteiger partial charge on any atom is 0.126 e. The number of ether oxygens (including phenoxy) is 1. The van der Waals surface area contributed by atoms with Gasteiger partial charge in [0.05, 0.1) is 18.2 Å². The number of hydrogen-bond acceptors (Lipinski definition) is 3. The van der Waals surface area contributed by atoms with E-state index in [9.17, 15) is 10.4 Å². The fourth-order valence-electron chi connectivity index (χ4n) is 2.57. The fraction of sp³-hybridized carbons (Fsp3) is 0.316. The first-order valence-corrected chi connectivity index (χ1v) is 7.40. The van der Waals surface area contributed by atoms with Gasteiger partial charge in [0.15, 0.2) is 0 Å². The quantitative estimate of drug-likeness (QED) is 0.918. The van der Waals surface area contributed by atoms with Crippen LogP contribution in [-0.4, -0.2) is 17.8 Å². The molecule has 0 spiro atoms. The highest BCUT2D eigenvalue weighted by atomic mass is 16.5. The monoisotopic (exact) mass is 295 g/mol. The summed E-state index contributed by atoms with van der Waals surface area (Å²) in [6, 6.07) is 14.0. The van der Waals surface area contributed by atoms with Crippen molar-refractivity contribution >= 4 is 0 Å². The van der Waals surface area contributed by atoms with E-state index in [-0.39, 0.29) is 12.7 Å². The van der Waals surface area contributed by atoms with Crippen molar-refractivity contribution in [3.05, 3.63) is 64.2 Å². The molecule has 0 saturated carbocycles. The zero-order valence-corrected chi connectivity index (χ0v) is 13.3. The number of aliphatic hydroxyl groups is 1. The second-order valence-electron chi connectivity index (χ2n) is 5.63. The van der Waals surface area contributed by atoms with E-state index in [1.165, 1.54) is 0 Å². The van der Waals surface area contributed by atoms with E-state index < -0.39 is 0 Å². The average molecular weight is 295 g/mol. The number of hydrogen-bond donors (Lipinski definition) is 1. The fourth-order valence-corrected chi connectivity index (χ4v) is 2.57. The van der Waals surface area contributed by atoms with Crippen LogP contribution in [0.25, 0.3) is 0 Å². The molecule has 2 rings (SSSR count). The summed E-state index contributed by atoms with van der Waals surface area (Å²) < 4.78 is 5.89. The Bertz CT molecular complexity index is 701. The van der Waals surface area contributed by atoms with Gasteiger partial charge in [-0.05, 0) is 43.5 Å². The Morgan fingerprint density at radius 2 is 1.91 bits per heavy atom. The number of benzene rings is 2.